The van der Waals surface area contributed by atoms with Crippen LogP contribution in [0.5, 0.6) is 5.75 Å². The summed E-state index contributed by atoms with van der Waals surface area (Å²) in [5.74, 6) is 1.34. The van der Waals surface area contributed by atoms with Crippen molar-refractivity contribution < 1.29 is 14.3 Å². The molecule has 22 heavy (non-hydrogen) atoms. The van der Waals surface area contributed by atoms with E-state index in [9.17, 15) is 4.79 Å². The number of hydrogen-bond acceptors (Lipinski definition) is 3. The zero-order chi connectivity index (χ0) is 16.3. The number of ether oxygens (including phenoxy) is 2. The van der Waals surface area contributed by atoms with Gasteiger partial charge in [-0.1, -0.05) is 13.3 Å². The van der Waals surface area contributed by atoms with Gasteiger partial charge in [0, 0.05) is 12.8 Å². The summed E-state index contributed by atoms with van der Waals surface area (Å²) in [6.45, 7) is 6.15. The van der Waals surface area contributed by atoms with Gasteiger partial charge >= 0.3 is 0 Å². The number of carbonyl (C=O) groups excluding carboxylic acids is 1. The van der Waals surface area contributed by atoms with Crippen LogP contribution in [0.4, 0.5) is 5.69 Å². The lowest BCUT2D eigenvalue weighted by atomic mass is 9.78. The van der Waals surface area contributed by atoms with Gasteiger partial charge in [-0.25, -0.2) is 0 Å². The molecule has 122 valence electrons. The van der Waals surface area contributed by atoms with E-state index in [2.05, 4.69) is 12.2 Å². The number of rotatable bonds is 4. The van der Waals surface area contributed by atoms with Gasteiger partial charge in [-0.3, -0.25) is 4.79 Å². The molecule has 0 aliphatic heterocycles. The minimum Gasteiger partial charge on any atom is -0.496 e. The summed E-state index contributed by atoms with van der Waals surface area (Å²) in [5.41, 5.74) is 2.14. The molecule has 1 aromatic carbocycles. The van der Waals surface area contributed by atoms with E-state index in [0.29, 0.717) is 5.92 Å². The molecule has 1 saturated carbocycles. The first-order valence-corrected chi connectivity index (χ1v) is 7.93. The molecule has 1 aliphatic rings. The van der Waals surface area contributed by atoms with Crippen molar-refractivity contribution in [1.82, 2.24) is 0 Å². The molecule has 1 aromatic rings. The first-order chi connectivity index (χ1) is 10.4. The molecular weight excluding hydrogens is 278 g/mol. The number of aryl methyl sites for hydroxylation is 2. The third kappa shape index (κ3) is 3.27. The number of amides is 1. The molecule has 1 amide bonds. The van der Waals surface area contributed by atoms with Crippen molar-refractivity contribution in [2.24, 2.45) is 5.92 Å². The van der Waals surface area contributed by atoms with Crippen molar-refractivity contribution in [3.63, 3.8) is 0 Å². The van der Waals surface area contributed by atoms with Crippen LogP contribution < -0.4 is 10.1 Å². The van der Waals surface area contributed by atoms with Gasteiger partial charge in [-0.15, -0.1) is 0 Å². The Labute approximate surface area is 133 Å². The summed E-state index contributed by atoms with van der Waals surface area (Å²) in [6, 6.07) is 3.89. The van der Waals surface area contributed by atoms with Gasteiger partial charge in [0.05, 0.1) is 7.11 Å². The second kappa shape index (κ2) is 6.69. The molecule has 0 radical (unpaired) electrons. The average molecular weight is 305 g/mol. The third-order valence-corrected chi connectivity index (χ3v) is 4.68. The molecule has 0 bridgehead atoms. The Morgan fingerprint density at radius 1 is 1.27 bits per heavy atom. The molecular formula is C18H27NO3. The molecule has 0 heterocycles. The largest absolute Gasteiger partial charge is 0.496 e. The fourth-order valence-corrected chi connectivity index (χ4v) is 3.58. The number of benzene rings is 1. The summed E-state index contributed by atoms with van der Waals surface area (Å²) in [4.78, 5) is 12.8. The van der Waals surface area contributed by atoms with Crippen molar-refractivity contribution in [3.8, 4) is 5.75 Å². The van der Waals surface area contributed by atoms with Crippen LogP contribution in [0.1, 0.15) is 43.7 Å². The molecule has 1 aliphatic carbocycles. The van der Waals surface area contributed by atoms with Crippen LogP contribution in [0, 0.1) is 19.8 Å². The summed E-state index contributed by atoms with van der Waals surface area (Å²) >= 11 is 0. The van der Waals surface area contributed by atoms with E-state index in [4.69, 9.17) is 9.47 Å². The number of hydrogen-bond donors (Lipinski definition) is 1. The maximum absolute atomic E-state index is 12.8. The average Bonchev–Trinajstić information content (AvgIpc) is 2.46. The zero-order valence-electron chi connectivity index (χ0n) is 14.3. The summed E-state index contributed by atoms with van der Waals surface area (Å²) in [7, 11) is 3.30. The van der Waals surface area contributed by atoms with Crippen molar-refractivity contribution in [1.29, 1.82) is 0 Å². The van der Waals surface area contributed by atoms with Crippen LogP contribution >= 0.6 is 0 Å². The molecule has 1 fully saturated rings. The Bertz CT molecular complexity index is 532. The first-order valence-electron chi connectivity index (χ1n) is 7.93. The highest BCUT2D eigenvalue weighted by molar-refractivity contribution is 5.97. The third-order valence-electron chi connectivity index (χ3n) is 4.68. The van der Waals surface area contributed by atoms with Gasteiger partial charge in [0.25, 0.3) is 5.91 Å². The van der Waals surface area contributed by atoms with Gasteiger partial charge in [0.1, 0.15) is 11.4 Å². The smallest absolute Gasteiger partial charge is 0.256 e. The molecule has 2 atom stereocenters. The van der Waals surface area contributed by atoms with E-state index in [0.717, 1.165) is 41.8 Å². The van der Waals surface area contributed by atoms with Gasteiger partial charge in [-0.2, -0.15) is 0 Å². The van der Waals surface area contributed by atoms with E-state index in [-0.39, 0.29) is 5.91 Å². The predicted octanol–water partition coefficient (Wildman–Crippen LogP) is 3.85. The van der Waals surface area contributed by atoms with Crippen LogP contribution in [0.2, 0.25) is 0 Å². The highest BCUT2D eigenvalue weighted by Gasteiger charge is 2.42. The molecule has 0 spiro atoms. The topological polar surface area (TPSA) is 47.6 Å². The molecule has 0 unspecified atom stereocenters. The number of carbonyl (C=O) groups is 1. The Morgan fingerprint density at radius 3 is 2.41 bits per heavy atom. The van der Waals surface area contributed by atoms with E-state index >= 15 is 0 Å². The normalized spacial score (nSPS) is 24.9. The zero-order valence-corrected chi connectivity index (χ0v) is 14.3. The number of anilines is 1. The van der Waals surface area contributed by atoms with Crippen molar-refractivity contribution in [2.75, 3.05) is 19.5 Å². The first kappa shape index (κ1) is 16.8. The van der Waals surface area contributed by atoms with Gasteiger partial charge in [0.15, 0.2) is 0 Å². The molecule has 4 heteroatoms. The fraction of sp³-hybridized carbons (Fsp3) is 0.611. The minimum absolute atomic E-state index is 0.0366. The van der Waals surface area contributed by atoms with Crippen LogP contribution in [0.25, 0.3) is 0 Å². The van der Waals surface area contributed by atoms with Crippen LogP contribution in [-0.4, -0.2) is 25.7 Å². The molecule has 4 nitrogen and oxygen atoms in total. The van der Waals surface area contributed by atoms with Crippen LogP contribution in [0.15, 0.2) is 12.1 Å². The molecule has 1 N–H and O–H groups in total. The summed E-state index contributed by atoms with van der Waals surface area (Å²) in [6.07, 6.45) is 3.76. The molecule has 2 rings (SSSR count). The minimum atomic E-state index is -0.695. The number of nitrogens with one attached hydrogen (secondary N) is 1. The van der Waals surface area contributed by atoms with Crippen molar-refractivity contribution >= 4 is 11.6 Å². The summed E-state index contributed by atoms with van der Waals surface area (Å²) < 4.78 is 11.0. The monoisotopic (exact) mass is 305 g/mol. The maximum atomic E-state index is 12.8. The fourth-order valence-electron chi connectivity index (χ4n) is 3.58. The van der Waals surface area contributed by atoms with Crippen molar-refractivity contribution in [2.45, 2.75) is 52.1 Å². The highest BCUT2D eigenvalue weighted by Crippen LogP contribution is 2.36. The van der Waals surface area contributed by atoms with E-state index < -0.39 is 5.60 Å². The highest BCUT2D eigenvalue weighted by atomic mass is 16.5. The Hall–Kier alpha value is -1.55. The van der Waals surface area contributed by atoms with Gasteiger partial charge in [0.2, 0.25) is 0 Å². The second-order valence-corrected chi connectivity index (χ2v) is 6.50. The standard InChI is InChI=1S/C18H27NO3/c1-12-7-6-8-18(11-12,22-5)17(20)19-15-9-13(2)16(21-4)14(3)10-15/h9-10,12H,6-8,11H2,1-5H3,(H,19,20)/t12-,18+/m1/s1. The van der Waals surface area contributed by atoms with Gasteiger partial charge < -0.3 is 14.8 Å². The molecule has 0 aromatic heterocycles. The second-order valence-electron chi connectivity index (χ2n) is 6.50. The SMILES string of the molecule is COc1c(C)cc(NC(=O)[C@]2(OC)CCC[C@@H](C)C2)cc1C. The lowest BCUT2D eigenvalue weighted by Crippen LogP contribution is -2.47. The quantitative estimate of drug-likeness (QED) is 0.919. The van der Waals surface area contributed by atoms with Crippen LogP contribution in [-0.2, 0) is 9.53 Å². The van der Waals surface area contributed by atoms with Gasteiger partial charge in [-0.05, 0) is 62.3 Å². The van der Waals surface area contributed by atoms with E-state index in [1.54, 1.807) is 14.2 Å². The Morgan fingerprint density at radius 2 is 1.91 bits per heavy atom. The Kier molecular flexibility index (Phi) is 5.12. The van der Waals surface area contributed by atoms with E-state index in [1.807, 2.05) is 26.0 Å². The lowest BCUT2D eigenvalue weighted by Gasteiger charge is -2.37. The Balaban J connectivity index is 2.20. The molecule has 0 saturated heterocycles. The predicted molar refractivity (Wildman–Crippen MR) is 88.5 cm³/mol. The van der Waals surface area contributed by atoms with Crippen molar-refractivity contribution in [3.05, 3.63) is 23.3 Å². The number of methoxy groups -OCH3 is 2. The van der Waals surface area contributed by atoms with E-state index in [1.165, 1.54) is 6.42 Å². The van der Waals surface area contributed by atoms with Crippen LogP contribution in [0.3, 0.4) is 0 Å². The summed E-state index contributed by atoms with van der Waals surface area (Å²) in [5, 5.41) is 3.04. The lowest BCUT2D eigenvalue weighted by molar-refractivity contribution is -0.143. The maximum Gasteiger partial charge on any atom is 0.256 e.